The third kappa shape index (κ3) is 9.21. The first-order chi connectivity index (χ1) is 18.0. The molecule has 9 nitrogen and oxygen atoms in total. The summed E-state index contributed by atoms with van der Waals surface area (Å²) in [7, 11) is 0. The molecule has 1 atom stereocenters. The Bertz CT molecular complexity index is 1130. The van der Waals surface area contributed by atoms with Crippen LogP contribution in [0.3, 0.4) is 0 Å². The van der Waals surface area contributed by atoms with Crippen molar-refractivity contribution in [2.75, 3.05) is 18.0 Å². The summed E-state index contributed by atoms with van der Waals surface area (Å²) in [6.45, 7) is 10.4. The molecule has 1 aliphatic heterocycles. The third-order valence-electron chi connectivity index (χ3n) is 5.88. The van der Waals surface area contributed by atoms with Gasteiger partial charge >= 0.3 is 18.0 Å². The van der Waals surface area contributed by atoms with E-state index in [1.165, 1.54) is 31.9 Å². The number of nitrogens with one attached hydrogen (secondary N) is 1. The smallest absolute Gasteiger partial charge is 0.408 e. The Hall–Kier alpha value is -3.88. The van der Waals surface area contributed by atoms with Crippen molar-refractivity contribution >= 4 is 29.4 Å². The lowest BCUT2D eigenvalue weighted by Gasteiger charge is -2.28. The van der Waals surface area contributed by atoms with Crippen LogP contribution in [-0.4, -0.2) is 48.5 Å². The molecule has 0 unspecified atom stereocenters. The highest BCUT2D eigenvalue weighted by Gasteiger charge is 2.26. The van der Waals surface area contributed by atoms with Crippen molar-refractivity contribution in [3.63, 3.8) is 0 Å². The molecule has 1 saturated heterocycles. The molecular formula is C29H37N3O6. The molecule has 3 rings (SSSR count). The number of piperidine rings is 1. The van der Waals surface area contributed by atoms with Gasteiger partial charge in [0, 0.05) is 32.1 Å². The Balaban J connectivity index is 1.69. The largest absolute Gasteiger partial charge is 0.444 e. The molecule has 0 saturated carbocycles. The first-order valence-corrected chi connectivity index (χ1v) is 12.9. The summed E-state index contributed by atoms with van der Waals surface area (Å²) in [5.74, 6) is -0.781. The molecular weight excluding hydrogens is 486 g/mol. The van der Waals surface area contributed by atoms with Gasteiger partial charge in [-0.25, -0.2) is 9.59 Å². The third-order valence-corrected chi connectivity index (χ3v) is 5.88. The number of nitrogens with zero attached hydrogens (tertiary/aromatic N) is 2. The lowest BCUT2D eigenvalue weighted by molar-refractivity contribution is -0.146. The summed E-state index contributed by atoms with van der Waals surface area (Å²) in [5, 5.41) is 6.61. The monoisotopic (exact) mass is 523 g/mol. The summed E-state index contributed by atoms with van der Waals surface area (Å²) < 4.78 is 10.4. The Morgan fingerprint density at radius 2 is 1.58 bits per heavy atom. The van der Waals surface area contributed by atoms with E-state index >= 15 is 0 Å². The summed E-state index contributed by atoms with van der Waals surface area (Å²) in [6.07, 6.45) is 3.05. The van der Waals surface area contributed by atoms with Gasteiger partial charge in [-0.1, -0.05) is 29.4 Å². The van der Waals surface area contributed by atoms with Crippen LogP contribution in [0.4, 0.5) is 10.5 Å². The lowest BCUT2D eigenvalue weighted by atomic mass is 10.1. The van der Waals surface area contributed by atoms with Gasteiger partial charge in [0.1, 0.15) is 17.4 Å². The average molecular weight is 524 g/mol. The summed E-state index contributed by atoms with van der Waals surface area (Å²) in [4.78, 5) is 44.2. The number of carbonyl (C=O) groups excluding carboxylic acids is 3. The molecule has 38 heavy (non-hydrogen) atoms. The van der Waals surface area contributed by atoms with E-state index in [-0.39, 0.29) is 6.42 Å². The molecule has 0 bridgehead atoms. The molecule has 9 heteroatoms. The first kappa shape index (κ1) is 28.7. The zero-order valence-electron chi connectivity index (χ0n) is 22.8. The topological polar surface area (TPSA) is 107 Å². The Morgan fingerprint density at radius 1 is 0.947 bits per heavy atom. The van der Waals surface area contributed by atoms with E-state index in [0.29, 0.717) is 17.0 Å². The number of alkyl carbamates (subject to hydrolysis) is 1. The highest BCUT2D eigenvalue weighted by Crippen LogP contribution is 2.21. The predicted molar refractivity (Wildman–Crippen MR) is 145 cm³/mol. The minimum Gasteiger partial charge on any atom is -0.444 e. The van der Waals surface area contributed by atoms with Crippen molar-refractivity contribution in [1.29, 1.82) is 0 Å². The second-order valence-corrected chi connectivity index (χ2v) is 10.3. The minimum absolute atomic E-state index is 0.123. The van der Waals surface area contributed by atoms with Crippen LogP contribution in [0.5, 0.6) is 5.75 Å². The summed E-state index contributed by atoms with van der Waals surface area (Å²) >= 11 is 0. The summed E-state index contributed by atoms with van der Waals surface area (Å²) in [5.41, 5.74) is 2.51. The first-order valence-electron chi connectivity index (χ1n) is 12.9. The van der Waals surface area contributed by atoms with E-state index in [1.54, 1.807) is 52.0 Å². The highest BCUT2D eigenvalue weighted by atomic mass is 16.7. The van der Waals surface area contributed by atoms with E-state index in [1.807, 2.05) is 24.3 Å². The number of benzene rings is 2. The van der Waals surface area contributed by atoms with Gasteiger partial charge in [0.25, 0.3) is 0 Å². The lowest BCUT2D eigenvalue weighted by Crippen LogP contribution is -2.45. The predicted octanol–water partition coefficient (Wildman–Crippen LogP) is 5.01. The van der Waals surface area contributed by atoms with Crippen molar-refractivity contribution in [3.8, 4) is 5.75 Å². The fourth-order valence-electron chi connectivity index (χ4n) is 4.03. The second kappa shape index (κ2) is 13.1. The molecule has 1 heterocycles. The molecule has 0 spiro atoms. The Kier molecular flexibility index (Phi) is 9.87. The van der Waals surface area contributed by atoms with Crippen LogP contribution in [0.2, 0.25) is 0 Å². The van der Waals surface area contributed by atoms with Crippen LogP contribution >= 0.6 is 0 Å². The van der Waals surface area contributed by atoms with Crippen LogP contribution in [0.1, 0.15) is 65.0 Å². The van der Waals surface area contributed by atoms with E-state index in [0.717, 1.165) is 18.7 Å². The van der Waals surface area contributed by atoms with Crippen molar-refractivity contribution in [1.82, 2.24) is 5.32 Å². The fourth-order valence-corrected chi connectivity index (χ4v) is 4.03. The van der Waals surface area contributed by atoms with Gasteiger partial charge in [-0.3, -0.25) is 4.79 Å². The maximum absolute atomic E-state index is 13.0. The number of hydrogen-bond acceptors (Lipinski definition) is 8. The van der Waals surface area contributed by atoms with Crippen LogP contribution in [-0.2, 0) is 25.6 Å². The molecule has 0 radical (unpaired) electrons. The number of esters is 1. The number of hydrogen-bond donors (Lipinski definition) is 1. The van der Waals surface area contributed by atoms with Crippen molar-refractivity contribution in [3.05, 3.63) is 59.7 Å². The number of carbonyl (C=O) groups is 3. The van der Waals surface area contributed by atoms with Crippen molar-refractivity contribution in [2.45, 2.75) is 71.9 Å². The molecule has 0 aromatic heterocycles. The van der Waals surface area contributed by atoms with Gasteiger partial charge in [0.15, 0.2) is 0 Å². The molecule has 0 aliphatic carbocycles. The fraction of sp³-hybridized carbons (Fsp3) is 0.448. The molecule has 1 amide bonds. The number of oxime groups is 1. The summed E-state index contributed by atoms with van der Waals surface area (Å²) in [6, 6.07) is 13.6. The molecule has 1 aliphatic rings. The van der Waals surface area contributed by atoms with Gasteiger partial charge < -0.3 is 24.5 Å². The second-order valence-electron chi connectivity index (χ2n) is 10.3. The molecule has 2 aromatic rings. The highest BCUT2D eigenvalue weighted by molar-refractivity contribution is 5.99. The zero-order valence-corrected chi connectivity index (χ0v) is 22.8. The molecule has 2 aromatic carbocycles. The van der Waals surface area contributed by atoms with Crippen LogP contribution in [0.25, 0.3) is 0 Å². The van der Waals surface area contributed by atoms with E-state index in [9.17, 15) is 14.4 Å². The average Bonchev–Trinajstić information content (AvgIpc) is 2.87. The van der Waals surface area contributed by atoms with Crippen LogP contribution in [0, 0.1) is 0 Å². The van der Waals surface area contributed by atoms with E-state index < -0.39 is 29.7 Å². The number of amides is 1. The number of ether oxygens (including phenoxy) is 2. The standard InChI is InChI=1S/C29H37N3O6/c1-20(23-11-13-24(14-12-23)32-17-7-6-8-18-32)31-38-27(34)26(30-28(35)37-29(3,4)5)19-22-9-15-25(16-10-22)36-21(2)33/h9-16,26H,6-8,17-19H2,1-5H3,(H,30,35)/b31-20+/t26-/m0/s1. The maximum atomic E-state index is 13.0. The quantitative estimate of drug-likeness (QED) is 0.170. The van der Waals surface area contributed by atoms with Crippen LogP contribution < -0.4 is 15.0 Å². The van der Waals surface area contributed by atoms with E-state index in [4.69, 9.17) is 14.3 Å². The van der Waals surface area contributed by atoms with Crippen LogP contribution in [0.15, 0.2) is 53.7 Å². The van der Waals surface area contributed by atoms with Gasteiger partial charge in [-0.05, 0) is 82.3 Å². The Labute approximate surface area is 224 Å². The Morgan fingerprint density at radius 3 is 2.16 bits per heavy atom. The molecule has 1 N–H and O–H groups in total. The maximum Gasteiger partial charge on any atom is 0.408 e. The van der Waals surface area contributed by atoms with Gasteiger partial charge in [-0.15, -0.1) is 0 Å². The minimum atomic E-state index is -1.05. The number of rotatable bonds is 8. The zero-order chi connectivity index (χ0) is 27.7. The van der Waals surface area contributed by atoms with Gasteiger partial charge in [0.2, 0.25) is 0 Å². The molecule has 204 valence electrons. The van der Waals surface area contributed by atoms with Crippen molar-refractivity contribution in [2.24, 2.45) is 5.16 Å². The van der Waals surface area contributed by atoms with Crippen molar-refractivity contribution < 1.29 is 28.7 Å². The number of anilines is 1. The SMILES string of the molecule is CC(=O)Oc1ccc(C[C@H](NC(=O)OC(C)(C)C)C(=O)O/N=C(\C)c2ccc(N3CCCCC3)cc2)cc1. The van der Waals surface area contributed by atoms with Gasteiger partial charge in [-0.2, -0.15) is 0 Å². The molecule has 1 fully saturated rings. The van der Waals surface area contributed by atoms with E-state index in [2.05, 4.69) is 15.4 Å². The normalized spacial score (nSPS) is 14.9. The van der Waals surface area contributed by atoms with Gasteiger partial charge in [0.05, 0.1) is 5.71 Å².